The first kappa shape index (κ1) is 29.8. The number of piperazine rings is 1. The van der Waals surface area contributed by atoms with Gasteiger partial charge in [0.1, 0.15) is 16.2 Å². The average Bonchev–Trinajstić information content (AvgIpc) is 3.37. The summed E-state index contributed by atoms with van der Waals surface area (Å²) in [6.07, 6.45) is 4.98. The van der Waals surface area contributed by atoms with Crippen molar-refractivity contribution in [2.45, 2.75) is 44.9 Å². The molecule has 5 rings (SSSR count). The van der Waals surface area contributed by atoms with E-state index in [1.807, 2.05) is 32.9 Å². The highest BCUT2D eigenvalue weighted by molar-refractivity contribution is 7.89. The lowest BCUT2D eigenvalue weighted by atomic mass is 10.2. The Morgan fingerprint density at radius 2 is 1.83 bits per heavy atom. The minimum Gasteiger partial charge on any atom is -0.633 e. The molecule has 0 saturated carbocycles. The van der Waals surface area contributed by atoms with E-state index in [-0.39, 0.29) is 53.9 Å². The minimum absolute atomic E-state index is 0.0592. The Labute approximate surface area is 244 Å². The van der Waals surface area contributed by atoms with Crippen LogP contribution in [0, 0.1) is 5.21 Å². The quantitative estimate of drug-likeness (QED) is 0.199. The number of aromatic nitrogens is 6. The summed E-state index contributed by atoms with van der Waals surface area (Å²) in [5, 5.41) is 17.2. The summed E-state index contributed by atoms with van der Waals surface area (Å²) in [5.41, 5.74) is 1.21. The van der Waals surface area contributed by atoms with Gasteiger partial charge in [0.05, 0.1) is 56.8 Å². The van der Waals surface area contributed by atoms with Crippen molar-refractivity contribution >= 4 is 21.1 Å². The SMILES string of the molecule is CCCOc1ncc(S(=O)(=O)N2CC[N+]([O-])(CC)CC2)cc1-c1nc2c(CCC)n(-c3ccccn3)nc2c(=O)n1C. The molecule has 1 fully saturated rings. The summed E-state index contributed by atoms with van der Waals surface area (Å²) >= 11 is 0. The molecule has 0 aromatic carbocycles. The first-order valence-corrected chi connectivity index (χ1v) is 15.7. The van der Waals surface area contributed by atoms with Crippen molar-refractivity contribution in [1.82, 2.24) is 33.6 Å². The molecule has 4 aromatic heterocycles. The molecule has 1 saturated heterocycles. The molecule has 224 valence electrons. The molecule has 1 aliphatic heterocycles. The van der Waals surface area contributed by atoms with Crippen molar-refractivity contribution in [3.8, 4) is 23.1 Å². The van der Waals surface area contributed by atoms with Crippen LogP contribution in [0.4, 0.5) is 0 Å². The monoisotopic (exact) mass is 596 g/mol. The van der Waals surface area contributed by atoms with E-state index >= 15 is 0 Å². The van der Waals surface area contributed by atoms with Crippen LogP contribution in [0.2, 0.25) is 0 Å². The summed E-state index contributed by atoms with van der Waals surface area (Å²) in [5.74, 6) is 0.947. The van der Waals surface area contributed by atoms with Gasteiger partial charge in [0.2, 0.25) is 15.9 Å². The molecule has 14 heteroatoms. The number of hydroxylamine groups is 3. The predicted molar refractivity (Wildman–Crippen MR) is 158 cm³/mol. The van der Waals surface area contributed by atoms with Gasteiger partial charge in [-0.05, 0) is 38.0 Å². The van der Waals surface area contributed by atoms with E-state index in [1.54, 1.807) is 24.0 Å². The summed E-state index contributed by atoms with van der Waals surface area (Å²) < 4.78 is 37.2. The fraction of sp³-hybridized carbons (Fsp3) is 0.464. The van der Waals surface area contributed by atoms with Gasteiger partial charge < -0.3 is 14.6 Å². The van der Waals surface area contributed by atoms with E-state index in [2.05, 4.69) is 15.1 Å². The zero-order chi connectivity index (χ0) is 30.1. The first-order valence-electron chi connectivity index (χ1n) is 14.2. The topological polar surface area (TPSA) is 148 Å². The Morgan fingerprint density at radius 3 is 2.48 bits per heavy atom. The van der Waals surface area contributed by atoms with E-state index < -0.39 is 20.2 Å². The molecule has 0 amide bonds. The molecule has 0 unspecified atom stereocenters. The average molecular weight is 597 g/mol. The summed E-state index contributed by atoms with van der Waals surface area (Å²) in [6, 6.07) is 6.91. The lowest BCUT2D eigenvalue weighted by Crippen LogP contribution is -2.57. The molecular formula is C28H36N8O5S. The zero-order valence-electron chi connectivity index (χ0n) is 24.4. The molecule has 0 radical (unpaired) electrons. The van der Waals surface area contributed by atoms with Gasteiger partial charge >= 0.3 is 0 Å². The summed E-state index contributed by atoms with van der Waals surface area (Å²) in [4.78, 5) is 27.3. The van der Waals surface area contributed by atoms with E-state index in [9.17, 15) is 18.4 Å². The maximum Gasteiger partial charge on any atom is 0.281 e. The van der Waals surface area contributed by atoms with Crippen LogP contribution >= 0.6 is 0 Å². The number of quaternary nitrogens is 1. The lowest BCUT2D eigenvalue weighted by Gasteiger charge is -2.47. The molecule has 0 spiro atoms. The fourth-order valence-electron chi connectivity index (χ4n) is 5.08. The Hall–Kier alpha value is -3.72. The molecule has 13 nitrogen and oxygen atoms in total. The Bertz CT molecular complexity index is 1750. The lowest BCUT2D eigenvalue weighted by molar-refractivity contribution is -0.882. The van der Waals surface area contributed by atoms with Crippen molar-refractivity contribution in [2.75, 3.05) is 39.3 Å². The van der Waals surface area contributed by atoms with Crippen molar-refractivity contribution in [1.29, 1.82) is 0 Å². The number of pyridine rings is 2. The first-order chi connectivity index (χ1) is 20.1. The number of aryl methyl sites for hydroxylation is 1. The molecule has 0 aliphatic carbocycles. The largest absolute Gasteiger partial charge is 0.633 e. The molecule has 4 aromatic rings. The van der Waals surface area contributed by atoms with Gasteiger partial charge in [-0.1, -0.05) is 26.3 Å². The number of hydrogen-bond acceptors (Lipinski definition) is 9. The highest BCUT2D eigenvalue weighted by Gasteiger charge is 2.34. The Kier molecular flexibility index (Phi) is 8.42. The molecule has 0 N–H and O–H groups in total. The van der Waals surface area contributed by atoms with Crippen LogP contribution in [0.1, 0.15) is 39.3 Å². The van der Waals surface area contributed by atoms with Gasteiger partial charge in [-0.15, -0.1) is 0 Å². The fourth-order valence-corrected chi connectivity index (χ4v) is 6.47. The van der Waals surface area contributed by atoms with Crippen LogP contribution < -0.4 is 10.3 Å². The molecule has 5 heterocycles. The van der Waals surface area contributed by atoms with Gasteiger partial charge in [0, 0.05) is 13.2 Å². The van der Waals surface area contributed by atoms with Gasteiger partial charge in [-0.3, -0.25) is 9.36 Å². The van der Waals surface area contributed by atoms with Crippen LogP contribution in [0.25, 0.3) is 28.2 Å². The van der Waals surface area contributed by atoms with Crippen LogP contribution in [-0.4, -0.2) is 86.0 Å². The number of sulfonamides is 1. The van der Waals surface area contributed by atoms with Crippen LogP contribution in [-0.2, 0) is 23.5 Å². The third-order valence-electron chi connectivity index (χ3n) is 7.59. The second kappa shape index (κ2) is 11.9. The summed E-state index contributed by atoms with van der Waals surface area (Å²) in [7, 11) is -2.41. The van der Waals surface area contributed by atoms with E-state index in [0.29, 0.717) is 37.3 Å². The summed E-state index contributed by atoms with van der Waals surface area (Å²) in [6.45, 7) is 7.09. The van der Waals surface area contributed by atoms with Gasteiger partial charge in [0.15, 0.2) is 11.3 Å². The van der Waals surface area contributed by atoms with Crippen molar-refractivity contribution < 1.29 is 17.8 Å². The predicted octanol–water partition coefficient (Wildman–Crippen LogP) is 2.66. The van der Waals surface area contributed by atoms with Crippen LogP contribution in [0.3, 0.4) is 0 Å². The second-order valence-electron chi connectivity index (χ2n) is 10.4. The number of hydrogen-bond donors (Lipinski definition) is 0. The van der Waals surface area contributed by atoms with Crippen molar-refractivity contribution in [2.24, 2.45) is 7.05 Å². The van der Waals surface area contributed by atoms with E-state index in [4.69, 9.17) is 9.72 Å². The highest BCUT2D eigenvalue weighted by Crippen LogP contribution is 2.32. The molecule has 1 aliphatic rings. The van der Waals surface area contributed by atoms with Crippen LogP contribution in [0.5, 0.6) is 5.88 Å². The smallest absolute Gasteiger partial charge is 0.281 e. The molecule has 42 heavy (non-hydrogen) atoms. The minimum atomic E-state index is -3.98. The van der Waals surface area contributed by atoms with Gasteiger partial charge in [0.25, 0.3) is 5.56 Å². The van der Waals surface area contributed by atoms with E-state index in [1.165, 1.54) is 21.1 Å². The number of likely N-dealkylation sites (N-methyl/N-ethyl adjacent to an activating group) is 1. The second-order valence-corrected chi connectivity index (χ2v) is 12.3. The third kappa shape index (κ3) is 5.42. The Balaban J connectivity index is 1.67. The number of fused-ring (bicyclic) bond motifs is 1. The molecular weight excluding hydrogens is 560 g/mol. The van der Waals surface area contributed by atoms with Crippen molar-refractivity contribution in [3.63, 3.8) is 0 Å². The highest BCUT2D eigenvalue weighted by atomic mass is 32.2. The van der Waals surface area contributed by atoms with Crippen molar-refractivity contribution in [3.05, 3.63) is 57.9 Å². The Morgan fingerprint density at radius 1 is 1.07 bits per heavy atom. The number of rotatable bonds is 10. The maximum absolute atomic E-state index is 13.7. The maximum atomic E-state index is 13.7. The molecule has 0 atom stereocenters. The van der Waals surface area contributed by atoms with Crippen LogP contribution in [0.15, 0.2) is 46.3 Å². The molecule has 0 bridgehead atoms. The standard InChI is InChI=1S/C28H36N8O5S/c1-5-10-22-24-25(32-35(22)23-11-8-9-12-29-23)28(37)33(4)26(31-24)21-18-20(19-30-27(21)41-17-6-2)42(39,40)34-13-15-36(38,7-3)16-14-34/h8-9,11-12,18-19H,5-7,10,13-17H2,1-4H3. The van der Waals surface area contributed by atoms with Gasteiger partial charge in [-0.2, -0.15) is 9.40 Å². The number of ether oxygens (including phenoxy) is 1. The van der Waals surface area contributed by atoms with E-state index in [0.717, 1.165) is 12.1 Å². The number of nitrogens with zero attached hydrogens (tertiary/aromatic N) is 8. The normalized spacial score (nSPS) is 15.7. The zero-order valence-corrected chi connectivity index (χ0v) is 25.2. The van der Waals surface area contributed by atoms with Gasteiger partial charge in [-0.25, -0.2) is 28.1 Å². The third-order valence-corrected chi connectivity index (χ3v) is 9.45.